The van der Waals surface area contributed by atoms with E-state index >= 15 is 0 Å². The number of hydrogen-bond acceptors (Lipinski definition) is 17. The van der Waals surface area contributed by atoms with Crippen LogP contribution in [0.4, 0.5) is 4.79 Å². The van der Waals surface area contributed by atoms with Gasteiger partial charge in [-0.05, 0) is 108 Å². The number of ether oxygens (including phenoxy) is 6. The van der Waals surface area contributed by atoms with Crippen LogP contribution in [0, 0.1) is 36.5 Å². The van der Waals surface area contributed by atoms with Gasteiger partial charge in [0.1, 0.15) is 42.1 Å². The smallest absolute Gasteiger partial charge is 0.410 e. The van der Waals surface area contributed by atoms with Gasteiger partial charge in [-0.1, -0.05) is 64.2 Å². The molecule has 5 aliphatic rings. The first-order valence-electron chi connectivity index (χ1n) is 28.1. The molecule has 5 heterocycles. The number of nitrogens with two attached hydrogens (primary N) is 1. The number of esters is 1. The fourth-order valence-electron chi connectivity index (χ4n) is 11.8. The Morgan fingerprint density at radius 3 is 2.36 bits per heavy atom. The van der Waals surface area contributed by atoms with E-state index in [0.717, 1.165) is 21.7 Å². The largest absolute Gasteiger partial charge is 0.459 e. The Hall–Kier alpha value is -5.02. The number of aliphatic hydroxyl groups excluding tert-OH is 1. The lowest BCUT2D eigenvalue weighted by Crippen LogP contribution is -2.61. The molecule has 6 rings (SSSR count). The predicted octanol–water partition coefficient (Wildman–Crippen LogP) is 6.17. The minimum absolute atomic E-state index is 0.00927. The van der Waals surface area contributed by atoms with Gasteiger partial charge in [-0.15, -0.1) is 0 Å². The molecule has 0 aromatic carbocycles. The number of methoxy groups -OCH3 is 3. The fraction of sp³-hybridized carbons (Fsp3) is 0.695. The Morgan fingerprint density at radius 1 is 0.885 bits per heavy atom. The monoisotopic (exact) mass is 1090 g/mol. The number of rotatable bonds is 7. The van der Waals surface area contributed by atoms with Crippen LogP contribution in [0.2, 0.25) is 0 Å². The summed E-state index contributed by atoms with van der Waals surface area (Å²) in [4.78, 5) is 96.6. The molecule has 432 valence electrons. The molecule has 19 nitrogen and oxygen atoms in total. The SMILES string of the molecule is CO[C@H]1C[C@@H]2CC[C@@H](C)[C@@](O)(O2)C(=O)C(=O)N2CCCC[C@H]2C(=O)O[C@H]([C@H](N)C[C@@H]2CC[C@@H](OC(=O)N3CCc4nc(C)ncc4C3)[C@H](OC)C2)CC(=O)[C@H](C)/C=C(\C)[C@@H](O)[C@@H](OC)C(=O)[C@H](C)C[C@H](C)/C=C/C=CC=C1C. The van der Waals surface area contributed by atoms with Crippen molar-refractivity contribution in [3.63, 3.8) is 0 Å². The number of Topliss-reactive ketones (excluding diaryl/α,β-unsaturated/α-hetero) is 3. The summed E-state index contributed by atoms with van der Waals surface area (Å²) >= 11 is 0. The van der Waals surface area contributed by atoms with Crippen LogP contribution in [0.15, 0.2) is 53.8 Å². The van der Waals surface area contributed by atoms with E-state index in [0.29, 0.717) is 82.3 Å². The van der Waals surface area contributed by atoms with E-state index in [9.17, 15) is 39.0 Å². The summed E-state index contributed by atoms with van der Waals surface area (Å²) in [6, 6.07) is -2.14. The number of aromatic nitrogens is 2. The number of allylic oxidation sites excluding steroid dienone is 6. The molecular formula is C59H87N5O14. The molecule has 0 radical (unpaired) electrons. The van der Waals surface area contributed by atoms with Crippen molar-refractivity contribution in [2.24, 2.45) is 35.3 Å². The van der Waals surface area contributed by atoms with Crippen LogP contribution in [-0.4, -0.2) is 160 Å². The van der Waals surface area contributed by atoms with E-state index in [-0.39, 0.29) is 55.6 Å². The Labute approximate surface area is 460 Å². The first-order chi connectivity index (χ1) is 37.1. The third-order valence-corrected chi connectivity index (χ3v) is 16.8. The second kappa shape index (κ2) is 28.4. The maximum atomic E-state index is 14.6. The van der Waals surface area contributed by atoms with Crippen molar-refractivity contribution in [1.82, 2.24) is 19.8 Å². The van der Waals surface area contributed by atoms with Crippen molar-refractivity contribution < 1.29 is 67.4 Å². The first-order valence-corrected chi connectivity index (χ1v) is 28.1. The molecule has 0 spiro atoms. The second-order valence-corrected chi connectivity index (χ2v) is 22.7. The lowest BCUT2D eigenvalue weighted by atomic mass is 9.80. The zero-order valence-corrected chi connectivity index (χ0v) is 47.6. The summed E-state index contributed by atoms with van der Waals surface area (Å²) < 4.78 is 35.9. The topological polar surface area (TPSA) is 257 Å². The third-order valence-electron chi connectivity index (χ3n) is 16.8. The minimum atomic E-state index is -2.48. The normalized spacial score (nSPS) is 35.3. The molecule has 2 saturated heterocycles. The molecule has 19 heteroatoms. The van der Waals surface area contributed by atoms with E-state index in [1.807, 2.05) is 51.2 Å². The van der Waals surface area contributed by atoms with E-state index in [1.54, 1.807) is 59.1 Å². The van der Waals surface area contributed by atoms with Crippen LogP contribution < -0.4 is 5.73 Å². The summed E-state index contributed by atoms with van der Waals surface area (Å²) in [6.07, 6.45) is 11.3. The van der Waals surface area contributed by atoms with Gasteiger partial charge in [-0.2, -0.15) is 0 Å². The minimum Gasteiger partial charge on any atom is -0.459 e. The van der Waals surface area contributed by atoms with Crippen LogP contribution in [0.5, 0.6) is 0 Å². The number of carbonyl (C=O) groups is 6. The molecule has 1 aliphatic carbocycles. The van der Waals surface area contributed by atoms with E-state index in [1.165, 1.54) is 7.11 Å². The van der Waals surface area contributed by atoms with Gasteiger partial charge >= 0.3 is 12.1 Å². The van der Waals surface area contributed by atoms with Crippen molar-refractivity contribution in [1.29, 1.82) is 0 Å². The highest BCUT2D eigenvalue weighted by atomic mass is 16.6. The maximum Gasteiger partial charge on any atom is 0.410 e. The van der Waals surface area contributed by atoms with Gasteiger partial charge in [0.05, 0.1) is 30.6 Å². The van der Waals surface area contributed by atoms with Gasteiger partial charge in [0.25, 0.3) is 11.7 Å². The Kier molecular flexibility index (Phi) is 22.6. The molecule has 4 N–H and O–H groups in total. The summed E-state index contributed by atoms with van der Waals surface area (Å²) in [6.45, 7) is 13.3. The number of hydrogen-bond donors (Lipinski definition) is 3. The Bertz CT molecular complexity index is 2410. The number of carbonyl (C=O) groups excluding carboxylic acids is 6. The van der Waals surface area contributed by atoms with Gasteiger partial charge in [0.15, 0.2) is 5.78 Å². The number of piperidine rings is 1. The number of amides is 2. The van der Waals surface area contributed by atoms with E-state index in [4.69, 9.17) is 34.2 Å². The van der Waals surface area contributed by atoms with Gasteiger partial charge in [0.2, 0.25) is 5.79 Å². The highest BCUT2D eigenvalue weighted by Crippen LogP contribution is 2.38. The number of aryl methyl sites for hydroxylation is 1. The highest BCUT2D eigenvalue weighted by Gasteiger charge is 2.53. The van der Waals surface area contributed by atoms with Gasteiger partial charge in [-0.25, -0.2) is 19.6 Å². The van der Waals surface area contributed by atoms with Crippen molar-refractivity contribution in [2.45, 2.75) is 199 Å². The lowest BCUT2D eigenvalue weighted by Gasteiger charge is -2.42. The van der Waals surface area contributed by atoms with Crippen molar-refractivity contribution in [3.05, 3.63) is 70.9 Å². The molecule has 1 saturated carbocycles. The number of aliphatic hydroxyl groups is 2. The molecule has 0 unspecified atom stereocenters. The number of cyclic esters (lactones) is 1. The van der Waals surface area contributed by atoms with E-state index in [2.05, 4.69) is 9.97 Å². The molecule has 1 aromatic rings. The van der Waals surface area contributed by atoms with E-state index < -0.39 is 102 Å². The molecule has 2 bridgehead atoms. The fourth-order valence-corrected chi connectivity index (χ4v) is 11.8. The second-order valence-electron chi connectivity index (χ2n) is 22.7. The quantitative estimate of drug-likeness (QED) is 0.157. The molecule has 3 fully saturated rings. The highest BCUT2D eigenvalue weighted by molar-refractivity contribution is 6.39. The van der Waals surface area contributed by atoms with Gasteiger partial charge in [-0.3, -0.25) is 19.2 Å². The van der Waals surface area contributed by atoms with Crippen molar-refractivity contribution >= 4 is 35.3 Å². The van der Waals surface area contributed by atoms with Crippen molar-refractivity contribution in [3.8, 4) is 0 Å². The average Bonchev–Trinajstić information content (AvgIpc) is 3.56. The molecule has 78 heavy (non-hydrogen) atoms. The predicted molar refractivity (Wildman–Crippen MR) is 289 cm³/mol. The first kappa shape index (κ1) is 62.2. The van der Waals surface area contributed by atoms with Gasteiger partial charge in [0, 0.05) is 89.2 Å². The number of fused-ring (bicyclic) bond motifs is 4. The molecule has 15 atom stereocenters. The molecule has 4 aliphatic heterocycles. The van der Waals surface area contributed by atoms with Crippen LogP contribution in [0.25, 0.3) is 0 Å². The summed E-state index contributed by atoms with van der Waals surface area (Å²) in [5, 5.41) is 23.6. The molecule has 2 amide bonds. The summed E-state index contributed by atoms with van der Waals surface area (Å²) in [5.41, 5.74) is 10.0. The summed E-state index contributed by atoms with van der Waals surface area (Å²) in [7, 11) is 4.49. The maximum absolute atomic E-state index is 14.6. The Morgan fingerprint density at radius 2 is 1.64 bits per heavy atom. The van der Waals surface area contributed by atoms with Crippen LogP contribution in [0.1, 0.15) is 136 Å². The zero-order chi connectivity index (χ0) is 57.0. The number of nitrogens with zero attached hydrogens (tertiary/aromatic N) is 4. The van der Waals surface area contributed by atoms with Crippen molar-refractivity contribution in [2.75, 3.05) is 34.4 Å². The lowest BCUT2D eigenvalue weighted by molar-refractivity contribution is -0.265. The Balaban J connectivity index is 1.25. The van der Waals surface area contributed by atoms with Crippen LogP contribution in [-0.2, 0) is 65.4 Å². The van der Waals surface area contributed by atoms with Crippen LogP contribution >= 0.6 is 0 Å². The third kappa shape index (κ3) is 15.7. The molecular weight excluding hydrogens is 1000 g/mol. The van der Waals surface area contributed by atoms with Crippen LogP contribution in [0.3, 0.4) is 0 Å². The van der Waals surface area contributed by atoms with Gasteiger partial charge < -0.3 is 54.2 Å². The summed E-state index contributed by atoms with van der Waals surface area (Å²) in [5.74, 6) is -7.75. The number of ketones is 3. The molecule has 1 aromatic heterocycles. The standard InChI is InChI=1S/C59H87N5O14/c1-34-16-12-11-13-17-35(2)49(73-8)30-43-21-19-39(6)59(72,78-43)55(68)56(69)64-24-15-14-18-46(64)57(70)76-50(31-47(65)36(3)27-38(5)53(67)54(75-10)52(66)37(4)26-34)44(60)28-41-20-22-48(51(29-41)74-9)77-58(71)63-25-23-45-42(33-63)32-61-40(7)62-45/h11-13,16-17,27,32,34,36-37,39,41,43-44,46,48-51,53-54,67,72H,14-15,18-26,28-31,33,60H2,1-10H3/b13-11?,16-12+,35-17?,38-27+/t34-,36-,37-,39-,41+,43+,44-,46+,48-,49+,50+,51-,53-,54+,59-/m1/s1. The zero-order valence-electron chi connectivity index (χ0n) is 47.6. The average molecular weight is 1090 g/mol.